The molecule has 0 radical (unpaired) electrons. The molecule has 0 bridgehead atoms. The molecule has 144 valence electrons. The van der Waals surface area contributed by atoms with Crippen molar-refractivity contribution in [2.75, 3.05) is 11.1 Å². The number of carbonyl (C=O) groups is 1. The van der Waals surface area contributed by atoms with Crippen LogP contribution in [-0.2, 0) is 4.79 Å². The van der Waals surface area contributed by atoms with E-state index < -0.39 is 4.92 Å². The molecule has 3 heterocycles. The summed E-state index contributed by atoms with van der Waals surface area (Å²) in [6, 6.07) is 12.9. The molecule has 0 spiro atoms. The molecule has 11 heteroatoms. The van der Waals surface area contributed by atoms with Gasteiger partial charge in [-0.2, -0.15) is 9.61 Å². The van der Waals surface area contributed by atoms with Crippen molar-refractivity contribution in [3.8, 4) is 11.4 Å². The number of anilines is 1. The van der Waals surface area contributed by atoms with Crippen LogP contribution in [-0.4, -0.2) is 41.4 Å². The molecule has 29 heavy (non-hydrogen) atoms. The fraction of sp³-hybridized carbons (Fsp3) is 0.0556. The third-order valence-corrected chi connectivity index (χ3v) is 4.79. The number of nitrogens with one attached hydrogen (secondary N) is 1. The quantitative estimate of drug-likeness (QED) is 0.293. The number of nitro groups is 1. The number of non-ortho nitro benzene ring substituents is 1. The minimum absolute atomic E-state index is 0.0340. The first kappa shape index (κ1) is 18.5. The molecule has 4 rings (SSSR count). The van der Waals surface area contributed by atoms with Gasteiger partial charge in [0.05, 0.1) is 10.7 Å². The standard InChI is InChI=1S/C18H13N7O3S/c26-16(20-13-3-5-14(6-4-13)25(27)28)11-29-17-8-7-15-21-22-18(24(15)23-17)12-2-1-9-19-10-12/h1-10H,11H2,(H,20,26). The van der Waals surface area contributed by atoms with Crippen LogP contribution < -0.4 is 5.32 Å². The molecule has 3 aromatic heterocycles. The monoisotopic (exact) mass is 407 g/mol. The zero-order chi connectivity index (χ0) is 20.2. The van der Waals surface area contributed by atoms with Gasteiger partial charge in [0.25, 0.3) is 5.69 Å². The van der Waals surface area contributed by atoms with Gasteiger partial charge in [0.1, 0.15) is 5.03 Å². The van der Waals surface area contributed by atoms with Gasteiger partial charge >= 0.3 is 0 Å². The predicted octanol–water partition coefficient (Wildman–Crippen LogP) is 2.83. The summed E-state index contributed by atoms with van der Waals surface area (Å²) in [5, 5.41) is 26.7. The van der Waals surface area contributed by atoms with Crippen molar-refractivity contribution in [3.63, 3.8) is 0 Å². The number of nitrogens with zero attached hydrogens (tertiary/aromatic N) is 6. The maximum absolute atomic E-state index is 12.2. The smallest absolute Gasteiger partial charge is 0.269 e. The van der Waals surface area contributed by atoms with E-state index in [0.29, 0.717) is 22.2 Å². The van der Waals surface area contributed by atoms with Gasteiger partial charge in [-0.15, -0.1) is 10.2 Å². The van der Waals surface area contributed by atoms with Crippen molar-refractivity contribution in [1.29, 1.82) is 0 Å². The number of aromatic nitrogens is 5. The Hall–Kier alpha value is -3.86. The van der Waals surface area contributed by atoms with Gasteiger partial charge in [0.2, 0.25) is 5.91 Å². The minimum atomic E-state index is -0.492. The Morgan fingerprint density at radius 1 is 1.14 bits per heavy atom. The number of rotatable bonds is 6. The van der Waals surface area contributed by atoms with Gasteiger partial charge in [-0.3, -0.25) is 19.9 Å². The molecule has 4 aromatic rings. The second-order valence-electron chi connectivity index (χ2n) is 5.85. The highest BCUT2D eigenvalue weighted by atomic mass is 32.2. The van der Waals surface area contributed by atoms with Crippen molar-refractivity contribution in [1.82, 2.24) is 24.8 Å². The van der Waals surface area contributed by atoms with Crippen LogP contribution in [0.3, 0.4) is 0 Å². The highest BCUT2D eigenvalue weighted by molar-refractivity contribution is 7.99. The lowest BCUT2D eigenvalue weighted by Gasteiger charge is -2.05. The molecule has 1 amide bonds. The number of thioether (sulfide) groups is 1. The molecule has 1 N–H and O–H groups in total. The molecule has 0 aliphatic carbocycles. The van der Waals surface area contributed by atoms with E-state index in [-0.39, 0.29) is 17.3 Å². The van der Waals surface area contributed by atoms with E-state index in [9.17, 15) is 14.9 Å². The van der Waals surface area contributed by atoms with Gasteiger partial charge in [0.15, 0.2) is 11.5 Å². The van der Waals surface area contributed by atoms with Crippen LogP contribution in [0.4, 0.5) is 11.4 Å². The molecule has 0 saturated carbocycles. The highest BCUT2D eigenvalue weighted by Gasteiger charge is 2.12. The van der Waals surface area contributed by atoms with Gasteiger partial charge < -0.3 is 5.32 Å². The van der Waals surface area contributed by atoms with Crippen molar-refractivity contribution in [2.24, 2.45) is 0 Å². The summed E-state index contributed by atoms with van der Waals surface area (Å²) in [6.45, 7) is 0. The molecular formula is C18H13N7O3S. The maximum Gasteiger partial charge on any atom is 0.269 e. The van der Waals surface area contributed by atoms with Crippen LogP contribution in [0.25, 0.3) is 17.0 Å². The highest BCUT2D eigenvalue weighted by Crippen LogP contribution is 2.21. The first-order valence-electron chi connectivity index (χ1n) is 8.40. The SMILES string of the molecule is O=C(CSc1ccc2nnc(-c3cccnc3)n2n1)Nc1ccc([N+](=O)[O-])cc1. The van der Waals surface area contributed by atoms with Crippen LogP contribution in [0.5, 0.6) is 0 Å². The minimum Gasteiger partial charge on any atom is -0.325 e. The molecule has 0 fully saturated rings. The summed E-state index contributed by atoms with van der Waals surface area (Å²) in [5.41, 5.74) is 1.82. The van der Waals surface area contributed by atoms with E-state index >= 15 is 0 Å². The molecular weight excluding hydrogens is 394 g/mol. The number of pyridine rings is 1. The Labute approximate surface area is 168 Å². The van der Waals surface area contributed by atoms with E-state index in [4.69, 9.17) is 0 Å². The zero-order valence-corrected chi connectivity index (χ0v) is 15.6. The number of amides is 1. The van der Waals surface area contributed by atoms with Crippen LogP contribution in [0.2, 0.25) is 0 Å². The molecule has 10 nitrogen and oxygen atoms in total. The average Bonchev–Trinajstić information content (AvgIpc) is 3.16. The lowest BCUT2D eigenvalue weighted by molar-refractivity contribution is -0.384. The summed E-state index contributed by atoms with van der Waals surface area (Å²) < 4.78 is 1.60. The summed E-state index contributed by atoms with van der Waals surface area (Å²) in [6.07, 6.45) is 3.35. The van der Waals surface area contributed by atoms with Crippen molar-refractivity contribution < 1.29 is 9.72 Å². The van der Waals surface area contributed by atoms with E-state index in [0.717, 1.165) is 5.56 Å². The number of hydrogen-bond donors (Lipinski definition) is 1. The molecule has 1 aromatic carbocycles. The van der Waals surface area contributed by atoms with Crippen LogP contribution >= 0.6 is 11.8 Å². The Balaban J connectivity index is 1.44. The second-order valence-corrected chi connectivity index (χ2v) is 6.84. The van der Waals surface area contributed by atoms with E-state index in [1.807, 2.05) is 6.07 Å². The fourth-order valence-electron chi connectivity index (χ4n) is 2.53. The van der Waals surface area contributed by atoms with Crippen molar-refractivity contribution in [3.05, 3.63) is 71.0 Å². The molecule has 0 saturated heterocycles. The first-order valence-corrected chi connectivity index (χ1v) is 9.39. The summed E-state index contributed by atoms with van der Waals surface area (Å²) >= 11 is 1.25. The normalized spacial score (nSPS) is 10.8. The van der Waals surface area contributed by atoms with Gasteiger partial charge in [-0.05, 0) is 36.4 Å². The summed E-state index contributed by atoms with van der Waals surface area (Å²) in [5.74, 6) is 0.438. The van der Waals surface area contributed by atoms with E-state index in [1.54, 1.807) is 35.1 Å². The topological polar surface area (TPSA) is 128 Å². The van der Waals surface area contributed by atoms with Crippen molar-refractivity contribution >= 4 is 34.7 Å². The number of benzene rings is 1. The average molecular weight is 407 g/mol. The zero-order valence-electron chi connectivity index (χ0n) is 14.8. The van der Waals surface area contributed by atoms with E-state index in [2.05, 4.69) is 25.6 Å². The summed E-state index contributed by atoms with van der Waals surface area (Å²) in [7, 11) is 0. The Morgan fingerprint density at radius 3 is 2.69 bits per heavy atom. The third-order valence-electron chi connectivity index (χ3n) is 3.87. The molecule has 0 aliphatic heterocycles. The number of hydrogen-bond acceptors (Lipinski definition) is 8. The largest absolute Gasteiger partial charge is 0.325 e. The van der Waals surface area contributed by atoms with Crippen LogP contribution in [0.1, 0.15) is 0 Å². The Kier molecular flexibility index (Phi) is 5.12. The summed E-state index contributed by atoms with van der Waals surface area (Å²) in [4.78, 5) is 26.4. The first-order chi connectivity index (χ1) is 14.1. The third kappa shape index (κ3) is 4.19. The van der Waals surface area contributed by atoms with Gasteiger partial charge in [0, 0.05) is 35.8 Å². The van der Waals surface area contributed by atoms with Crippen LogP contribution in [0.15, 0.2) is 66.0 Å². The molecule has 0 aliphatic rings. The Bertz CT molecular complexity index is 1180. The van der Waals surface area contributed by atoms with Crippen molar-refractivity contribution in [2.45, 2.75) is 5.03 Å². The van der Waals surface area contributed by atoms with E-state index in [1.165, 1.54) is 36.0 Å². The number of fused-ring (bicyclic) bond motifs is 1. The molecule has 0 atom stereocenters. The fourth-order valence-corrected chi connectivity index (χ4v) is 3.18. The second kappa shape index (κ2) is 8.02. The number of carbonyl (C=O) groups excluding carboxylic acids is 1. The van der Waals surface area contributed by atoms with Gasteiger partial charge in [-0.25, -0.2) is 0 Å². The van der Waals surface area contributed by atoms with Gasteiger partial charge in [-0.1, -0.05) is 11.8 Å². The Morgan fingerprint density at radius 2 is 1.97 bits per heavy atom. The molecule has 0 unspecified atom stereocenters. The number of nitro benzene ring substituents is 1. The lowest BCUT2D eigenvalue weighted by atomic mass is 10.3. The lowest BCUT2D eigenvalue weighted by Crippen LogP contribution is -2.14. The maximum atomic E-state index is 12.2. The predicted molar refractivity (Wildman–Crippen MR) is 106 cm³/mol. The van der Waals surface area contributed by atoms with Crippen LogP contribution in [0, 0.1) is 10.1 Å².